The number of hydrogen-bond acceptors (Lipinski definition) is 4. The first-order valence-electron chi connectivity index (χ1n) is 5.21. The summed E-state index contributed by atoms with van der Waals surface area (Å²) in [5.74, 6) is -4.48. The van der Waals surface area contributed by atoms with Gasteiger partial charge in [0.1, 0.15) is 0 Å². The number of methoxy groups -OCH3 is 1. The van der Waals surface area contributed by atoms with E-state index in [1.54, 1.807) is 0 Å². The second kappa shape index (κ2) is 5.01. The summed E-state index contributed by atoms with van der Waals surface area (Å²) < 4.78 is 35.8. The zero-order valence-electron chi connectivity index (χ0n) is 9.78. The quantitative estimate of drug-likeness (QED) is 0.633. The predicted molar refractivity (Wildman–Crippen MR) is 59.8 cm³/mol. The molecule has 2 aromatic rings. The Morgan fingerprint density at radius 3 is 2.47 bits per heavy atom. The molecule has 1 aromatic carbocycles. The van der Waals surface area contributed by atoms with Crippen molar-refractivity contribution in [1.29, 1.82) is 0 Å². The van der Waals surface area contributed by atoms with E-state index < -0.39 is 29.0 Å². The molecular weight excluding hydrogens is 258 g/mol. The van der Waals surface area contributed by atoms with Crippen LogP contribution in [0.3, 0.4) is 0 Å². The van der Waals surface area contributed by atoms with Crippen molar-refractivity contribution in [1.82, 2.24) is 0 Å². The Morgan fingerprint density at radius 2 is 1.79 bits per heavy atom. The summed E-state index contributed by atoms with van der Waals surface area (Å²) in [5, 5.41) is 0. The van der Waals surface area contributed by atoms with Crippen LogP contribution < -0.4 is 0 Å². The molecule has 0 N–H and O–H groups in total. The van der Waals surface area contributed by atoms with Gasteiger partial charge < -0.3 is 9.15 Å². The molecule has 0 bridgehead atoms. The highest BCUT2D eigenvalue weighted by Gasteiger charge is 2.21. The molecule has 0 aliphatic rings. The van der Waals surface area contributed by atoms with Crippen LogP contribution in [0.25, 0.3) is 0 Å². The van der Waals surface area contributed by atoms with Crippen LogP contribution in [0.1, 0.15) is 26.7 Å². The van der Waals surface area contributed by atoms with Crippen LogP contribution in [0, 0.1) is 11.6 Å². The van der Waals surface area contributed by atoms with Gasteiger partial charge in [-0.2, -0.15) is 0 Å². The Kier molecular flexibility index (Phi) is 3.41. The molecular formula is C13H8F2O4. The lowest BCUT2D eigenvalue weighted by Crippen LogP contribution is -2.05. The number of ketones is 1. The number of carbonyl (C=O) groups is 2. The summed E-state index contributed by atoms with van der Waals surface area (Å²) in [5.41, 5.74) is -0.467. The van der Waals surface area contributed by atoms with Crippen LogP contribution in [0.15, 0.2) is 34.7 Å². The third-order valence-corrected chi connectivity index (χ3v) is 2.41. The number of carbonyl (C=O) groups excluding carboxylic acids is 2. The van der Waals surface area contributed by atoms with Gasteiger partial charge in [-0.3, -0.25) is 4.79 Å². The topological polar surface area (TPSA) is 56.5 Å². The summed E-state index contributed by atoms with van der Waals surface area (Å²) in [6.45, 7) is 0. The maximum atomic E-state index is 13.4. The lowest BCUT2D eigenvalue weighted by atomic mass is 10.1. The molecule has 19 heavy (non-hydrogen) atoms. The molecule has 0 atom stereocenters. The first-order valence-corrected chi connectivity index (χ1v) is 5.21. The minimum absolute atomic E-state index is 0.192. The number of benzene rings is 1. The van der Waals surface area contributed by atoms with Gasteiger partial charge in [-0.1, -0.05) is 6.07 Å². The standard InChI is InChI=1S/C13H8F2O4/c1-18-13(17)10-6-5-9(19-10)12(16)7-3-2-4-8(14)11(7)15/h2-6H,1H3. The van der Waals surface area contributed by atoms with Crippen molar-refractivity contribution >= 4 is 11.8 Å². The SMILES string of the molecule is COC(=O)c1ccc(C(=O)c2cccc(F)c2F)o1. The zero-order chi connectivity index (χ0) is 14.0. The molecule has 4 nitrogen and oxygen atoms in total. The molecule has 0 radical (unpaired) electrons. The smallest absolute Gasteiger partial charge is 0.373 e. The number of hydrogen-bond donors (Lipinski definition) is 0. The van der Waals surface area contributed by atoms with Crippen LogP contribution in [0.2, 0.25) is 0 Å². The highest BCUT2D eigenvalue weighted by molar-refractivity contribution is 6.07. The third-order valence-electron chi connectivity index (χ3n) is 2.41. The molecule has 2 rings (SSSR count). The van der Waals surface area contributed by atoms with Gasteiger partial charge in [0.15, 0.2) is 17.4 Å². The Hall–Kier alpha value is -2.50. The monoisotopic (exact) mass is 266 g/mol. The van der Waals surface area contributed by atoms with Crippen molar-refractivity contribution in [2.45, 2.75) is 0 Å². The zero-order valence-corrected chi connectivity index (χ0v) is 9.78. The van der Waals surface area contributed by atoms with E-state index in [1.807, 2.05) is 0 Å². The number of ether oxygens (including phenoxy) is 1. The van der Waals surface area contributed by atoms with Crippen molar-refractivity contribution in [3.8, 4) is 0 Å². The van der Waals surface area contributed by atoms with Gasteiger partial charge in [-0.15, -0.1) is 0 Å². The average Bonchev–Trinajstić information content (AvgIpc) is 2.90. The Morgan fingerprint density at radius 1 is 1.11 bits per heavy atom. The van der Waals surface area contributed by atoms with Crippen molar-refractivity contribution in [3.63, 3.8) is 0 Å². The molecule has 98 valence electrons. The first kappa shape index (κ1) is 12.9. The molecule has 1 heterocycles. The fourth-order valence-corrected chi connectivity index (χ4v) is 1.48. The largest absolute Gasteiger partial charge is 0.463 e. The lowest BCUT2D eigenvalue weighted by Gasteiger charge is -2.00. The number of halogens is 2. The second-order valence-electron chi connectivity index (χ2n) is 3.59. The summed E-state index contributed by atoms with van der Waals surface area (Å²) in [7, 11) is 1.15. The van der Waals surface area contributed by atoms with Gasteiger partial charge in [0.05, 0.1) is 12.7 Å². The van der Waals surface area contributed by atoms with Crippen LogP contribution in [0.4, 0.5) is 8.78 Å². The second-order valence-corrected chi connectivity index (χ2v) is 3.59. The van der Waals surface area contributed by atoms with Gasteiger partial charge in [-0.05, 0) is 24.3 Å². The van der Waals surface area contributed by atoms with Crippen LogP contribution in [0.5, 0.6) is 0 Å². The summed E-state index contributed by atoms with van der Waals surface area (Å²) >= 11 is 0. The van der Waals surface area contributed by atoms with E-state index in [1.165, 1.54) is 18.2 Å². The highest BCUT2D eigenvalue weighted by Crippen LogP contribution is 2.18. The molecule has 0 fully saturated rings. The highest BCUT2D eigenvalue weighted by atomic mass is 19.2. The van der Waals surface area contributed by atoms with Gasteiger partial charge in [0, 0.05) is 0 Å². The number of esters is 1. The van der Waals surface area contributed by atoms with E-state index in [2.05, 4.69) is 4.74 Å². The van der Waals surface area contributed by atoms with Gasteiger partial charge in [0.25, 0.3) is 0 Å². The van der Waals surface area contributed by atoms with Crippen molar-refractivity contribution in [2.24, 2.45) is 0 Å². The molecule has 0 saturated carbocycles. The van der Waals surface area contributed by atoms with Gasteiger partial charge in [-0.25, -0.2) is 13.6 Å². The van der Waals surface area contributed by atoms with E-state index in [0.717, 1.165) is 19.2 Å². The van der Waals surface area contributed by atoms with Crippen LogP contribution >= 0.6 is 0 Å². The third kappa shape index (κ3) is 2.37. The molecule has 0 amide bonds. The van der Waals surface area contributed by atoms with E-state index >= 15 is 0 Å². The number of rotatable bonds is 3. The first-order chi connectivity index (χ1) is 9.04. The summed E-state index contributed by atoms with van der Waals surface area (Å²) in [6.07, 6.45) is 0. The minimum atomic E-state index is -1.26. The maximum Gasteiger partial charge on any atom is 0.373 e. The summed E-state index contributed by atoms with van der Waals surface area (Å²) in [4.78, 5) is 23.0. The van der Waals surface area contributed by atoms with Crippen molar-refractivity contribution in [3.05, 3.63) is 59.1 Å². The molecule has 0 saturated heterocycles. The van der Waals surface area contributed by atoms with Crippen molar-refractivity contribution < 1.29 is 27.5 Å². The van der Waals surface area contributed by atoms with Gasteiger partial charge in [0.2, 0.25) is 11.5 Å². The normalized spacial score (nSPS) is 10.3. The van der Waals surface area contributed by atoms with Crippen molar-refractivity contribution in [2.75, 3.05) is 7.11 Å². The van der Waals surface area contributed by atoms with Gasteiger partial charge >= 0.3 is 5.97 Å². The molecule has 0 spiro atoms. The van der Waals surface area contributed by atoms with E-state index in [0.29, 0.717) is 0 Å². The molecule has 0 aliphatic heterocycles. The Bertz CT molecular complexity index is 646. The van der Waals surface area contributed by atoms with E-state index in [9.17, 15) is 18.4 Å². The Labute approximate surface area is 106 Å². The van der Waals surface area contributed by atoms with E-state index in [4.69, 9.17) is 4.42 Å². The minimum Gasteiger partial charge on any atom is -0.463 e. The molecule has 0 unspecified atom stereocenters. The average molecular weight is 266 g/mol. The molecule has 0 aliphatic carbocycles. The molecule has 1 aromatic heterocycles. The fraction of sp³-hybridized carbons (Fsp3) is 0.0769. The molecule has 6 heteroatoms. The van der Waals surface area contributed by atoms with Crippen LogP contribution in [-0.2, 0) is 4.74 Å². The fourth-order valence-electron chi connectivity index (χ4n) is 1.48. The van der Waals surface area contributed by atoms with Crippen LogP contribution in [-0.4, -0.2) is 18.9 Å². The lowest BCUT2D eigenvalue weighted by molar-refractivity contribution is 0.0563. The van der Waals surface area contributed by atoms with E-state index in [-0.39, 0.29) is 11.5 Å². The summed E-state index contributed by atoms with van der Waals surface area (Å²) in [6, 6.07) is 5.64. The predicted octanol–water partition coefficient (Wildman–Crippen LogP) is 2.58. The maximum absolute atomic E-state index is 13.4. The number of furan rings is 1. The Balaban J connectivity index is 2.37.